The van der Waals surface area contributed by atoms with Gasteiger partial charge in [-0.15, -0.1) is 0 Å². The summed E-state index contributed by atoms with van der Waals surface area (Å²) in [4.78, 5) is 38.3. The number of esters is 3. The Bertz CT molecular complexity index is 1560. The standard InChI is InChI=1S/C71H120O6/c1-4-7-10-13-16-19-22-25-27-29-30-31-32-33-34-35-36-37-38-39-40-42-43-46-49-52-55-58-61-64-70(73)76-67-68(66-75-69(72)63-60-57-54-51-48-45-24-21-18-15-12-9-6-3)77-71(74)65-62-59-56-53-50-47-44-41-28-26-23-20-17-14-11-8-5-2/h7,10,16,19,25-28,30-31,33-34,36-37,39-40,43,46,68H,4-6,8-9,11-15,17-18,20-24,29,32,35,38,41-42,44-45,47-67H2,1-3H3/b10-7-,19-16-,27-25-,28-26-,31-30-,34-33-,37-36-,40-39-,46-43-. The average Bonchev–Trinajstić information content (AvgIpc) is 3.43. The first-order chi connectivity index (χ1) is 38.0. The lowest BCUT2D eigenvalue weighted by atomic mass is 10.0. The summed E-state index contributed by atoms with van der Waals surface area (Å²) in [7, 11) is 0. The SMILES string of the molecule is CC/C=C\C/C=C\C/C=C\C/C=C\C/C=C\C/C=C\C/C=C\C/C=C\CCCCCCC(=O)OCC(COC(=O)CCCCCCCCCCCCCCC)OC(=O)CCCCCCCCC/C=C\CCCCCCCC. The number of allylic oxidation sites excluding steroid dienone is 18. The molecule has 0 aromatic heterocycles. The average molecular weight is 1070 g/mol. The van der Waals surface area contributed by atoms with Crippen molar-refractivity contribution in [2.45, 2.75) is 309 Å². The van der Waals surface area contributed by atoms with Crippen molar-refractivity contribution in [3.8, 4) is 0 Å². The highest BCUT2D eigenvalue weighted by atomic mass is 16.6. The van der Waals surface area contributed by atoms with Gasteiger partial charge in [-0.1, -0.05) is 284 Å². The van der Waals surface area contributed by atoms with Crippen molar-refractivity contribution in [1.29, 1.82) is 0 Å². The minimum absolute atomic E-state index is 0.0860. The Labute approximate surface area is 476 Å². The first-order valence-electron chi connectivity index (χ1n) is 32.4. The molecule has 0 amide bonds. The minimum atomic E-state index is -0.791. The van der Waals surface area contributed by atoms with Crippen molar-refractivity contribution >= 4 is 17.9 Å². The van der Waals surface area contributed by atoms with E-state index < -0.39 is 6.10 Å². The largest absolute Gasteiger partial charge is 0.462 e. The van der Waals surface area contributed by atoms with Crippen molar-refractivity contribution in [3.63, 3.8) is 0 Å². The van der Waals surface area contributed by atoms with E-state index in [2.05, 4.69) is 130 Å². The third kappa shape index (κ3) is 62.8. The van der Waals surface area contributed by atoms with Crippen LogP contribution in [-0.2, 0) is 28.6 Å². The molecule has 0 fully saturated rings. The third-order valence-corrected chi connectivity index (χ3v) is 13.8. The lowest BCUT2D eigenvalue weighted by Crippen LogP contribution is -2.30. The number of rotatable bonds is 58. The fraction of sp³-hybridized carbons (Fsp3) is 0.704. The second kappa shape index (κ2) is 64.6. The van der Waals surface area contributed by atoms with Crippen molar-refractivity contribution in [2.75, 3.05) is 13.2 Å². The zero-order valence-corrected chi connectivity index (χ0v) is 50.4. The van der Waals surface area contributed by atoms with Gasteiger partial charge in [0.15, 0.2) is 6.10 Å². The Kier molecular flexibility index (Phi) is 61.3. The molecule has 1 atom stereocenters. The number of carbonyl (C=O) groups excluding carboxylic acids is 3. The van der Waals surface area contributed by atoms with Crippen LogP contribution in [0.4, 0.5) is 0 Å². The predicted octanol–water partition coefficient (Wildman–Crippen LogP) is 22.2. The molecule has 0 radical (unpaired) electrons. The zero-order chi connectivity index (χ0) is 55.7. The Hall–Kier alpha value is -3.93. The molecule has 6 heteroatoms. The summed E-state index contributed by atoms with van der Waals surface area (Å²) < 4.78 is 16.9. The Morgan fingerprint density at radius 1 is 0.273 bits per heavy atom. The normalized spacial score (nSPS) is 12.8. The van der Waals surface area contributed by atoms with E-state index in [0.29, 0.717) is 19.3 Å². The Morgan fingerprint density at radius 2 is 0.506 bits per heavy atom. The fourth-order valence-electron chi connectivity index (χ4n) is 8.92. The van der Waals surface area contributed by atoms with Crippen molar-refractivity contribution in [3.05, 3.63) is 109 Å². The maximum absolute atomic E-state index is 12.9. The molecule has 77 heavy (non-hydrogen) atoms. The van der Waals surface area contributed by atoms with Crippen LogP contribution in [0.2, 0.25) is 0 Å². The van der Waals surface area contributed by atoms with Crippen LogP contribution in [0.3, 0.4) is 0 Å². The van der Waals surface area contributed by atoms with Gasteiger partial charge < -0.3 is 14.2 Å². The zero-order valence-electron chi connectivity index (χ0n) is 50.4. The van der Waals surface area contributed by atoms with E-state index in [-0.39, 0.29) is 31.1 Å². The fourth-order valence-corrected chi connectivity index (χ4v) is 8.92. The molecule has 0 N–H and O–H groups in total. The van der Waals surface area contributed by atoms with E-state index in [1.54, 1.807) is 0 Å². The summed E-state index contributed by atoms with van der Waals surface area (Å²) in [6.45, 7) is 6.52. The van der Waals surface area contributed by atoms with Gasteiger partial charge in [-0.05, 0) is 109 Å². The molecule has 0 saturated heterocycles. The van der Waals surface area contributed by atoms with Gasteiger partial charge in [0, 0.05) is 19.3 Å². The van der Waals surface area contributed by atoms with Crippen LogP contribution < -0.4 is 0 Å². The minimum Gasteiger partial charge on any atom is -0.462 e. The molecule has 0 spiro atoms. The maximum atomic E-state index is 12.9. The second-order valence-corrected chi connectivity index (χ2v) is 21.3. The van der Waals surface area contributed by atoms with Gasteiger partial charge in [0.25, 0.3) is 0 Å². The van der Waals surface area contributed by atoms with E-state index in [1.807, 2.05) is 0 Å². The molecule has 0 aromatic rings. The maximum Gasteiger partial charge on any atom is 0.306 e. The van der Waals surface area contributed by atoms with Crippen LogP contribution in [0.5, 0.6) is 0 Å². The monoisotopic (exact) mass is 1070 g/mol. The van der Waals surface area contributed by atoms with E-state index in [9.17, 15) is 14.4 Å². The Balaban J connectivity index is 4.37. The number of hydrogen-bond acceptors (Lipinski definition) is 6. The van der Waals surface area contributed by atoms with Crippen molar-refractivity contribution in [1.82, 2.24) is 0 Å². The second-order valence-electron chi connectivity index (χ2n) is 21.3. The van der Waals surface area contributed by atoms with Crippen LogP contribution in [0, 0.1) is 0 Å². The van der Waals surface area contributed by atoms with Gasteiger partial charge in [-0.3, -0.25) is 14.4 Å². The number of carbonyl (C=O) groups is 3. The number of ether oxygens (including phenoxy) is 3. The summed E-state index contributed by atoms with van der Waals surface area (Å²) in [6, 6.07) is 0. The third-order valence-electron chi connectivity index (χ3n) is 13.8. The van der Waals surface area contributed by atoms with Crippen molar-refractivity contribution < 1.29 is 28.6 Å². The highest BCUT2D eigenvalue weighted by Gasteiger charge is 2.19. The molecule has 0 saturated carbocycles. The molecule has 6 nitrogen and oxygen atoms in total. The Morgan fingerprint density at radius 3 is 0.805 bits per heavy atom. The molecule has 440 valence electrons. The van der Waals surface area contributed by atoms with Gasteiger partial charge in [0.05, 0.1) is 0 Å². The summed E-state index contributed by atoms with van der Waals surface area (Å²) in [5.41, 5.74) is 0. The summed E-state index contributed by atoms with van der Waals surface area (Å²) >= 11 is 0. The molecule has 0 heterocycles. The van der Waals surface area contributed by atoms with Gasteiger partial charge >= 0.3 is 17.9 Å². The summed E-state index contributed by atoms with van der Waals surface area (Å²) in [5, 5.41) is 0. The van der Waals surface area contributed by atoms with Gasteiger partial charge in [-0.2, -0.15) is 0 Å². The van der Waals surface area contributed by atoms with E-state index in [4.69, 9.17) is 14.2 Å². The molecule has 0 aromatic carbocycles. The lowest BCUT2D eigenvalue weighted by molar-refractivity contribution is -0.167. The van der Waals surface area contributed by atoms with Crippen LogP contribution >= 0.6 is 0 Å². The van der Waals surface area contributed by atoms with Crippen LogP contribution in [-0.4, -0.2) is 37.2 Å². The molecule has 1 unspecified atom stereocenters. The van der Waals surface area contributed by atoms with Gasteiger partial charge in [0.2, 0.25) is 0 Å². The molecule has 0 bridgehead atoms. The van der Waals surface area contributed by atoms with Crippen LogP contribution in [0.1, 0.15) is 303 Å². The smallest absolute Gasteiger partial charge is 0.306 e. The number of hydrogen-bond donors (Lipinski definition) is 0. The molecule has 0 rings (SSSR count). The van der Waals surface area contributed by atoms with Gasteiger partial charge in [-0.25, -0.2) is 0 Å². The summed E-state index contributed by atoms with van der Waals surface area (Å²) in [6.07, 6.45) is 88.0. The molecule has 0 aliphatic rings. The highest BCUT2D eigenvalue weighted by molar-refractivity contribution is 5.71. The van der Waals surface area contributed by atoms with E-state index >= 15 is 0 Å². The first-order valence-corrected chi connectivity index (χ1v) is 32.4. The highest BCUT2D eigenvalue weighted by Crippen LogP contribution is 2.16. The molecule has 0 aliphatic carbocycles. The van der Waals surface area contributed by atoms with E-state index in [0.717, 1.165) is 122 Å². The molecular formula is C71H120O6. The quantitative estimate of drug-likeness (QED) is 0.0261. The van der Waals surface area contributed by atoms with Crippen LogP contribution in [0.25, 0.3) is 0 Å². The predicted molar refractivity (Wildman–Crippen MR) is 334 cm³/mol. The van der Waals surface area contributed by atoms with Gasteiger partial charge in [0.1, 0.15) is 13.2 Å². The molecular weight excluding hydrogens is 949 g/mol. The van der Waals surface area contributed by atoms with Crippen molar-refractivity contribution in [2.24, 2.45) is 0 Å². The lowest BCUT2D eigenvalue weighted by Gasteiger charge is -2.18. The summed E-state index contributed by atoms with van der Waals surface area (Å²) in [5.74, 6) is -0.908. The first kappa shape index (κ1) is 73.1. The molecule has 0 aliphatic heterocycles. The topological polar surface area (TPSA) is 78.9 Å². The van der Waals surface area contributed by atoms with E-state index in [1.165, 1.54) is 141 Å². The number of unbranched alkanes of at least 4 members (excludes halogenated alkanes) is 29. The van der Waals surface area contributed by atoms with Crippen LogP contribution in [0.15, 0.2) is 109 Å².